The van der Waals surface area contributed by atoms with Crippen molar-refractivity contribution in [2.75, 3.05) is 6.61 Å². The Morgan fingerprint density at radius 3 is 2.93 bits per heavy atom. The van der Waals surface area contributed by atoms with Crippen molar-refractivity contribution >= 4 is 29.1 Å². The summed E-state index contributed by atoms with van der Waals surface area (Å²) in [6.07, 6.45) is 1.15. The molecule has 0 saturated heterocycles. The highest BCUT2D eigenvalue weighted by Crippen LogP contribution is 2.33. The van der Waals surface area contributed by atoms with Crippen LogP contribution in [0.3, 0.4) is 0 Å². The van der Waals surface area contributed by atoms with Crippen molar-refractivity contribution in [3.8, 4) is 0 Å². The molecule has 0 spiro atoms. The van der Waals surface area contributed by atoms with Crippen molar-refractivity contribution < 1.29 is 10.0 Å². The molecule has 0 aliphatic carbocycles. The van der Waals surface area contributed by atoms with Gasteiger partial charge in [0.05, 0.1) is 11.5 Å². The number of aliphatic hydroxyl groups is 1. The van der Waals surface area contributed by atoms with Crippen LogP contribution >= 0.6 is 23.4 Å². The number of aliphatic hydroxyl groups excluding tert-OH is 1. The van der Waals surface area contributed by atoms with E-state index in [9.17, 15) is 10.1 Å². The summed E-state index contributed by atoms with van der Waals surface area (Å²) in [5.41, 5.74) is -0.315. The SMILES string of the molecule is CC(CO)Sc1ncnc(Cl)c1[N+](=O)[O-]. The van der Waals surface area contributed by atoms with E-state index in [4.69, 9.17) is 16.7 Å². The van der Waals surface area contributed by atoms with E-state index in [2.05, 4.69) is 9.97 Å². The Hall–Kier alpha value is -0.920. The lowest BCUT2D eigenvalue weighted by molar-refractivity contribution is -0.388. The van der Waals surface area contributed by atoms with Crippen LogP contribution in [0.5, 0.6) is 0 Å². The number of nitro groups is 1. The first-order chi connectivity index (χ1) is 7.06. The largest absolute Gasteiger partial charge is 0.395 e. The van der Waals surface area contributed by atoms with Gasteiger partial charge in [0.15, 0.2) is 5.03 Å². The van der Waals surface area contributed by atoms with E-state index in [1.54, 1.807) is 6.92 Å². The van der Waals surface area contributed by atoms with Gasteiger partial charge in [0.1, 0.15) is 6.33 Å². The fourth-order valence-corrected chi connectivity index (χ4v) is 1.91. The van der Waals surface area contributed by atoms with Gasteiger partial charge in [-0.3, -0.25) is 10.1 Å². The molecule has 0 radical (unpaired) electrons. The van der Waals surface area contributed by atoms with Gasteiger partial charge in [-0.1, -0.05) is 30.3 Å². The Labute approximate surface area is 94.8 Å². The maximum Gasteiger partial charge on any atom is 0.338 e. The van der Waals surface area contributed by atoms with Gasteiger partial charge in [0.25, 0.3) is 0 Å². The molecule has 0 saturated carbocycles. The highest BCUT2D eigenvalue weighted by Gasteiger charge is 2.23. The molecule has 1 rings (SSSR count). The van der Waals surface area contributed by atoms with E-state index < -0.39 is 4.92 Å². The van der Waals surface area contributed by atoms with Gasteiger partial charge in [-0.15, -0.1) is 0 Å². The molecular weight excluding hydrogens is 242 g/mol. The lowest BCUT2D eigenvalue weighted by Crippen LogP contribution is -2.04. The number of hydrogen-bond donors (Lipinski definition) is 1. The molecule has 15 heavy (non-hydrogen) atoms. The fourth-order valence-electron chi connectivity index (χ4n) is 0.810. The molecule has 1 heterocycles. The average Bonchev–Trinajstić information content (AvgIpc) is 2.17. The van der Waals surface area contributed by atoms with Gasteiger partial charge < -0.3 is 5.11 Å². The number of nitrogens with zero attached hydrogens (tertiary/aromatic N) is 3. The van der Waals surface area contributed by atoms with Crippen LogP contribution in [-0.4, -0.2) is 31.9 Å². The zero-order valence-corrected chi connectivity index (χ0v) is 9.33. The number of rotatable bonds is 4. The summed E-state index contributed by atoms with van der Waals surface area (Å²) in [5.74, 6) is 0. The van der Waals surface area contributed by atoms with E-state index in [1.165, 1.54) is 0 Å². The summed E-state index contributed by atoms with van der Waals surface area (Å²) in [6.45, 7) is 1.63. The van der Waals surface area contributed by atoms with E-state index >= 15 is 0 Å². The van der Waals surface area contributed by atoms with Crippen LogP contribution in [0.4, 0.5) is 5.69 Å². The van der Waals surface area contributed by atoms with E-state index in [-0.39, 0.29) is 27.7 Å². The predicted molar refractivity (Wildman–Crippen MR) is 56.1 cm³/mol. The van der Waals surface area contributed by atoms with Crippen molar-refractivity contribution in [1.82, 2.24) is 9.97 Å². The zero-order valence-electron chi connectivity index (χ0n) is 7.75. The normalized spacial score (nSPS) is 12.5. The van der Waals surface area contributed by atoms with Crippen molar-refractivity contribution in [3.63, 3.8) is 0 Å². The van der Waals surface area contributed by atoms with Crippen LogP contribution < -0.4 is 0 Å². The molecule has 0 bridgehead atoms. The van der Waals surface area contributed by atoms with Crippen LogP contribution in [-0.2, 0) is 0 Å². The van der Waals surface area contributed by atoms with Gasteiger partial charge in [0, 0.05) is 5.25 Å². The van der Waals surface area contributed by atoms with Gasteiger partial charge in [-0.05, 0) is 0 Å². The predicted octanol–water partition coefficient (Wildman–Crippen LogP) is 1.51. The monoisotopic (exact) mass is 249 g/mol. The second-order valence-electron chi connectivity index (χ2n) is 2.69. The highest BCUT2D eigenvalue weighted by molar-refractivity contribution is 8.00. The molecule has 0 amide bonds. The Balaban J connectivity index is 3.06. The quantitative estimate of drug-likeness (QED) is 0.377. The third-order valence-corrected chi connectivity index (χ3v) is 2.85. The van der Waals surface area contributed by atoms with Crippen LogP contribution in [0.15, 0.2) is 11.4 Å². The van der Waals surface area contributed by atoms with Crippen LogP contribution in [0, 0.1) is 10.1 Å². The average molecular weight is 250 g/mol. The molecule has 8 heteroatoms. The maximum atomic E-state index is 10.7. The molecule has 1 aromatic heterocycles. The Bertz CT molecular complexity index is 376. The van der Waals surface area contributed by atoms with Gasteiger partial charge >= 0.3 is 5.69 Å². The third-order valence-electron chi connectivity index (χ3n) is 1.50. The molecule has 0 fully saturated rings. The van der Waals surface area contributed by atoms with E-state index in [0.29, 0.717) is 0 Å². The first-order valence-corrected chi connectivity index (χ1v) is 5.24. The topological polar surface area (TPSA) is 89.2 Å². The Kier molecular flexibility index (Phi) is 4.25. The third kappa shape index (κ3) is 3.01. The Morgan fingerprint density at radius 1 is 1.73 bits per heavy atom. The standard InChI is InChI=1S/C7H8ClN3O3S/c1-4(2-12)15-7-5(11(13)14)6(8)9-3-10-7/h3-4,12H,2H2,1H3. The lowest BCUT2D eigenvalue weighted by atomic mass is 10.5. The Morgan fingerprint density at radius 2 is 2.40 bits per heavy atom. The van der Waals surface area contributed by atoms with E-state index in [1.807, 2.05) is 0 Å². The molecule has 1 N–H and O–H groups in total. The summed E-state index contributed by atoms with van der Waals surface area (Å²) in [7, 11) is 0. The molecular formula is C7H8ClN3O3S. The first kappa shape index (κ1) is 12.2. The minimum atomic E-state index is -0.630. The van der Waals surface area contributed by atoms with E-state index in [0.717, 1.165) is 18.1 Å². The molecule has 1 unspecified atom stereocenters. The first-order valence-electron chi connectivity index (χ1n) is 3.98. The molecule has 6 nitrogen and oxygen atoms in total. The number of aromatic nitrogens is 2. The van der Waals surface area contributed by atoms with Crippen LogP contribution in [0.25, 0.3) is 0 Å². The van der Waals surface area contributed by atoms with Crippen molar-refractivity contribution in [2.45, 2.75) is 17.2 Å². The number of thioether (sulfide) groups is 1. The van der Waals surface area contributed by atoms with Crippen LogP contribution in [0.2, 0.25) is 5.15 Å². The molecule has 1 aromatic rings. The molecule has 1 atom stereocenters. The maximum absolute atomic E-state index is 10.7. The summed E-state index contributed by atoms with van der Waals surface area (Å²) in [5, 5.41) is 19.3. The molecule has 82 valence electrons. The zero-order chi connectivity index (χ0) is 11.4. The van der Waals surface area contributed by atoms with Crippen molar-refractivity contribution in [1.29, 1.82) is 0 Å². The van der Waals surface area contributed by atoms with Crippen molar-refractivity contribution in [3.05, 3.63) is 21.6 Å². The number of halogens is 1. The smallest absolute Gasteiger partial charge is 0.338 e. The molecule has 0 aromatic carbocycles. The fraction of sp³-hybridized carbons (Fsp3) is 0.429. The van der Waals surface area contributed by atoms with Gasteiger partial charge in [-0.25, -0.2) is 9.97 Å². The molecule has 0 aliphatic rings. The van der Waals surface area contributed by atoms with Gasteiger partial charge in [-0.2, -0.15) is 0 Å². The summed E-state index contributed by atoms with van der Waals surface area (Å²) < 4.78 is 0. The lowest BCUT2D eigenvalue weighted by Gasteiger charge is -2.06. The second kappa shape index (κ2) is 5.24. The summed E-state index contributed by atoms with van der Waals surface area (Å²) in [4.78, 5) is 17.3. The van der Waals surface area contributed by atoms with Gasteiger partial charge in [0.2, 0.25) is 5.15 Å². The summed E-state index contributed by atoms with van der Waals surface area (Å²) >= 11 is 6.67. The highest BCUT2D eigenvalue weighted by atomic mass is 35.5. The minimum Gasteiger partial charge on any atom is -0.395 e. The second-order valence-corrected chi connectivity index (χ2v) is 4.47. The minimum absolute atomic E-state index is 0.0938. The molecule has 0 aliphatic heterocycles. The van der Waals surface area contributed by atoms with Crippen molar-refractivity contribution in [2.24, 2.45) is 0 Å². The van der Waals surface area contributed by atoms with Crippen LogP contribution in [0.1, 0.15) is 6.92 Å². The summed E-state index contributed by atoms with van der Waals surface area (Å²) in [6, 6.07) is 0. The number of hydrogen-bond acceptors (Lipinski definition) is 6.